The van der Waals surface area contributed by atoms with E-state index in [-0.39, 0.29) is 18.9 Å². The van der Waals surface area contributed by atoms with Gasteiger partial charge in [0.25, 0.3) is 0 Å². The molecule has 0 unspecified atom stereocenters. The van der Waals surface area contributed by atoms with E-state index in [0.29, 0.717) is 18.6 Å². The van der Waals surface area contributed by atoms with Crippen molar-refractivity contribution in [1.82, 2.24) is 0 Å². The second kappa shape index (κ2) is 8.52. The van der Waals surface area contributed by atoms with E-state index in [1.807, 2.05) is 30.3 Å². The lowest BCUT2D eigenvalue weighted by molar-refractivity contribution is -0.137. The molecule has 0 saturated carbocycles. The van der Waals surface area contributed by atoms with E-state index < -0.39 is 5.97 Å². The molecule has 0 aliphatic heterocycles. The monoisotopic (exact) mass is 300 g/mol. The number of phenolic OH excluding ortho intramolecular Hbond substituents is 2. The van der Waals surface area contributed by atoms with Crippen molar-refractivity contribution in [3.8, 4) is 11.5 Å². The van der Waals surface area contributed by atoms with E-state index >= 15 is 0 Å². The molecule has 0 aliphatic rings. The van der Waals surface area contributed by atoms with Crippen LogP contribution in [0.25, 0.3) is 6.08 Å². The second-order valence-electron chi connectivity index (χ2n) is 4.48. The normalized spacial score (nSPS) is 10.2. The summed E-state index contributed by atoms with van der Waals surface area (Å²) < 4.78 is 5.08. The van der Waals surface area contributed by atoms with Crippen LogP contribution in [0.4, 0.5) is 0 Å². The number of carbonyl (C=O) groups is 1. The molecule has 2 aromatic carbocycles. The fraction of sp³-hybridized carbons (Fsp3) is 0.167. The SMILES string of the molecule is C.O=C(/C=C/c1ccc(O)c(O)c1)OCCc1ccccc1. The summed E-state index contributed by atoms with van der Waals surface area (Å²) in [4.78, 5) is 11.5. The van der Waals surface area contributed by atoms with Crippen molar-refractivity contribution in [2.45, 2.75) is 13.8 Å². The summed E-state index contributed by atoms with van der Waals surface area (Å²) >= 11 is 0. The van der Waals surface area contributed by atoms with Gasteiger partial charge in [0.2, 0.25) is 0 Å². The van der Waals surface area contributed by atoms with Gasteiger partial charge in [-0.2, -0.15) is 0 Å². The molecular formula is C18H20O4. The fourth-order valence-electron chi connectivity index (χ4n) is 1.77. The summed E-state index contributed by atoms with van der Waals surface area (Å²) in [5, 5.41) is 18.5. The molecule has 0 aromatic heterocycles. The Kier molecular flexibility index (Phi) is 6.70. The summed E-state index contributed by atoms with van der Waals surface area (Å²) in [6.07, 6.45) is 3.47. The van der Waals surface area contributed by atoms with Crippen LogP contribution in [0.5, 0.6) is 11.5 Å². The predicted octanol–water partition coefficient (Wildman–Crippen LogP) is 3.53. The zero-order valence-electron chi connectivity index (χ0n) is 11.4. The lowest BCUT2D eigenvalue weighted by atomic mass is 10.2. The molecule has 0 radical (unpaired) electrons. The van der Waals surface area contributed by atoms with Crippen LogP contribution in [0.2, 0.25) is 0 Å². The molecule has 0 heterocycles. The topological polar surface area (TPSA) is 66.8 Å². The number of phenols is 2. The van der Waals surface area contributed by atoms with Crippen LogP contribution in [0, 0.1) is 0 Å². The number of ether oxygens (including phenoxy) is 1. The van der Waals surface area contributed by atoms with Crippen LogP contribution in [-0.2, 0) is 16.0 Å². The van der Waals surface area contributed by atoms with Crippen molar-refractivity contribution in [2.75, 3.05) is 6.61 Å². The minimum Gasteiger partial charge on any atom is -0.504 e. The Morgan fingerprint density at radius 3 is 2.45 bits per heavy atom. The van der Waals surface area contributed by atoms with Gasteiger partial charge in [-0.1, -0.05) is 43.8 Å². The lowest BCUT2D eigenvalue weighted by Gasteiger charge is -2.02. The van der Waals surface area contributed by atoms with E-state index in [1.54, 1.807) is 6.07 Å². The zero-order valence-corrected chi connectivity index (χ0v) is 11.4. The van der Waals surface area contributed by atoms with Gasteiger partial charge in [-0.15, -0.1) is 0 Å². The Hall–Kier alpha value is -2.75. The van der Waals surface area contributed by atoms with E-state index in [2.05, 4.69) is 0 Å². The molecule has 2 N–H and O–H groups in total. The molecule has 0 spiro atoms. The number of hydrogen-bond donors (Lipinski definition) is 2. The van der Waals surface area contributed by atoms with Crippen LogP contribution < -0.4 is 0 Å². The molecule has 0 saturated heterocycles. The van der Waals surface area contributed by atoms with E-state index in [9.17, 15) is 15.0 Å². The van der Waals surface area contributed by atoms with E-state index in [4.69, 9.17) is 4.74 Å². The maximum absolute atomic E-state index is 11.5. The average molecular weight is 300 g/mol. The molecule has 0 atom stereocenters. The number of aromatic hydroxyl groups is 2. The smallest absolute Gasteiger partial charge is 0.330 e. The van der Waals surface area contributed by atoms with Gasteiger partial charge in [-0.25, -0.2) is 4.79 Å². The number of carbonyl (C=O) groups excluding carboxylic acids is 1. The molecule has 2 aromatic rings. The van der Waals surface area contributed by atoms with Crippen molar-refractivity contribution < 1.29 is 19.7 Å². The van der Waals surface area contributed by atoms with Gasteiger partial charge < -0.3 is 14.9 Å². The Morgan fingerprint density at radius 1 is 1.05 bits per heavy atom. The molecule has 22 heavy (non-hydrogen) atoms. The first-order valence-corrected chi connectivity index (χ1v) is 6.56. The van der Waals surface area contributed by atoms with Crippen molar-refractivity contribution in [1.29, 1.82) is 0 Å². The molecule has 0 bridgehead atoms. The van der Waals surface area contributed by atoms with Crippen LogP contribution in [0.1, 0.15) is 18.6 Å². The van der Waals surface area contributed by atoms with Crippen LogP contribution >= 0.6 is 0 Å². The third-order valence-corrected chi connectivity index (χ3v) is 2.89. The van der Waals surface area contributed by atoms with E-state index in [0.717, 1.165) is 5.56 Å². The van der Waals surface area contributed by atoms with Gasteiger partial charge in [0.05, 0.1) is 6.61 Å². The summed E-state index contributed by atoms with van der Waals surface area (Å²) in [6.45, 7) is 0.314. The summed E-state index contributed by atoms with van der Waals surface area (Å²) in [6, 6.07) is 14.1. The first kappa shape index (κ1) is 17.3. The third-order valence-electron chi connectivity index (χ3n) is 2.89. The number of benzene rings is 2. The molecule has 4 nitrogen and oxygen atoms in total. The van der Waals surface area contributed by atoms with Crippen LogP contribution in [0.15, 0.2) is 54.6 Å². The molecule has 0 amide bonds. The lowest BCUT2D eigenvalue weighted by Crippen LogP contribution is -2.04. The van der Waals surface area contributed by atoms with Crippen molar-refractivity contribution in [3.63, 3.8) is 0 Å². The summed E-state index contributed by atoms with van der Waals surface area (Å²) in [5.74, 6) is -0.870. The van der Waals surface area contributed by atoms with Crippen LogP contribution in [-0.4, -0.2) is 22.8 Å². The molecule has 4 heteroatoms. The Bertz CT molecular complexity index is 633. The van der Waals surface area contributed by atoms with Crippen molar-refractivity contribution in [3.05, 3.63) is 65.7 Å². The summed E-state index contributed by atoms with van der Waals surface area (Å²) in [5.41, 5.74) is 1.71. The highest BCUT2D eigenvalue weighted by atomic mass is 16.5. The first-order valence-electron chi connectivity index (χ1n) is 6.56. The second-order valence-corrected chi connectivity index (χ2v) is 4.48. The fourth-order valence-corrected chi connectivity index (χ4v) is 1.77. The number of esters is 1. The third kappa shape index (κ3) is 5.32. The quantitative estimate of drug-likeness (QED) is 0.503. The molecule has 2 rings (SSSR count). The highest BCUT2D eigenvalue weighted by Gasteiger charge is 2.00. The number of hydrogen-bond acceptors (Lipinski definition) is 4. The maximum atomic E-state index is 11.5. The molecular weight excluding hydrogens is 280 g/mol. The van der Waals surface area contributed by atoms with Gasteiger partial charge >= 0.3 is 5.97 Å². The Labute approximate surface area is 130 Å². The molecule has 0 aliphatic carbocycles. The van der Waals surface area contributed by atoms with Gasteiger partial charge in [0, 0.05) is 12.5 Å². The van der Waals surface area contributed by atoms with Gasteiger partial charge in [0.1, 0.15) is 0 Å². The van der Waals surface area contributed by atoms with Gasteiger partial charge in [-0.05, 0) is 29.3 Å². The molecule has 0 fully saturated rings. The standard InChI is InChI=1S/C17H16O4.CH4/c18-15-8-6-14(12-16(15)19)7-9-17(20)21-11-10-13-4-2-1-3-5-13;/h1-9,12,18-19H,10-11H2;1H4/b9-7+;. The van der Waals surface area contributed by atoms with Gasteiger partial charge in [-0.3, -0.25) is 0 Å². The number of rotatable bonds is 5. The van der Waals surface area contributed by atoms with Gasteiger partial charge in [0.15, 0.2) is 11.5 Å². The molecule has 116 valence electrons. The highest BCUT2D eigenvalue weighted by molar-refractivity contribution is 5.87. The van der Waals surface area contributed by atoms with Crippen molar-refractivity contribution >= 4 is 12.0 Å². The van der Waals surface area contributed by atoms with Crippen LogP contribution in [0.3, 0.4) is 0 Å². The van der Waals surface area contributed by atoms with E-state index in [1.165, 1.54) is 24.3 Å². The first-order chi connectivity index (χ1) is 10.1. The minimum absolute atomic E-state index is 0. The maximum Gasteiger partial charge on any atom is 0.330 e. The minimum atomic E-state index is -0.446. The highest BCUT2D eigenvalue weighted by Crippen LogP contribution is 2.25. The average Bonchev–Trinajstić information content (AvgIpc) is 2.49. The Morgan fingerprint density at radius 2 is 1.77 bits per heavy atom. The largest absolute Gasteiger partial charge is 0.504 e. The van der Waals surface area contributed by atoms with Crippen molar-refractivity contribution in [2.24, 2.45) is 0 Å². The Balaban J connectivity index is 0.00000242. The zero-order chi connectivity index (χ0) is 15.1. The predicted molar refractivity (Wildman–Crippen MR) is 86.6 cm³/mol. The summed E-state index contributed by atoms with van der Waals surface area (Å²) in [7, 11) is 0.